The molecule has 2 aromatic carbocycles. The quantitative estimate of drug-likeness (QED) is 0.498. The van der Waals surface area contributed by atoms with Crippen molar-refractivity contribution < 1.29 is 4.79 Å². The molecule has 0 N–H and O–H groups in total. The van der Waals surface area contributed by atoms with Crippen molar-refractivity contribution in [3.8, 4) is 5.69 Å². The highest BCUT2D eigenvalue weighted by Crippen LogP contribution is 2.31. The molecule has 2 aromatic heterocycles. The summed E-state index contributed by atoms with van der Waals surface area (Å²) in [5, 5.41) is 5.16. The van der Waals surface area contributed by atoms with Crippen LogP contribution in [-0.2, 0) is 6.54 Å². The van der Waals surface area contributed by atoms with Crippen LogP contribution in [-0.4, -0.2) is 31.8 Å². The zero-order chi connectivity index (χ0) is 20.1. The van der Waals surface area contributed by atoms with Crippen molar-refractivity contribution in [2.24, 2.45) is 0 Å². The van der Waals surface area contributed by atoms with E-state index in [0.29, 0.717) is 23.1 Å². The first-order chi connectivity index (χ1) is 14.0. The minimum atomic E-state index is -0.0731. The summed E-state index contributed by atoms with van der Waals surface area (Å²) in [6.45, 7) is 5.47. The topological polar surface area (TPSA) is 56.0 Å². The van der Waals surface area contributed by atoms with Gasteiger partial charge in [0.2, 0.25) is 5.95 Å². The number of hydrogen-bond acceptors (Lipinski definition) is 3. The summed E-state index contributed by atoms with van der Waals surface area (Å²) in [4.78, 5) is 20.0. The molecule has 7 heteroatoms. The largest absolute Gasteiger partial charge is 0.308 e. The summed E-state index contributed by atoms with van der Waals surface area (Å²) in [6, 6.07) is 15.5. The third-order valence-corrected chi connectivity index (χ3v) is 5.54. The van der Waals surface area contributed by atoms with Crippen LogP contribution in [0.25, 0.3) is 16.7 Å². The fourth-order valence-corrected chi connectivity index (χ4v) is 4.20. The number of fused-ring (bicyclic) bond motifs is 3. The van der Waals surface area contributed by atoms with E-state index in [2.05, 4.69) is 23.5 Å². The Labute approximate surface area is 173 Å². The number of amides is 1. The molecule has 0 atom stereocenters. The number of imidazole rings is 1. The molecule has 29 heavy (non-hydrogen) atoms. The summed E-state index contributed by atoms with van der Waals surface area (Å²) < 4.78 is 3.91. The van der Waals surface area contributed by atoms with Gasteiger partial charge in [0, 0.05) is 18.1 Å². The maximum absolute atomic E-state index is 13.5. The van der Waals surface area contributed by atoms with Gasteiger partial charge in [0.25, 0.3) is 5.91 Å². The Kier molecular flexibility index (Phi) is 4.17. The lowest BCUT2D eigenvalue weighted by Gasteiger charge is -2.17. The highest BCUT2D eigenvalue weighted by molar-refractivity contribution is 6.30. The van der Waals surface area contributed by atoms with Crippen LogP contribution in [0.5, 0.6) is 0 Å². The second-order valence-electron chi connectivity index (χ2n) is 7.50. The van der Waals surface area contributed by atoms with Crippen LogP contribution >= 0.6 is 11.6 Å². The van der Waals surface area contributed by atoms with E-state index in [1.54, 1.807) is 11.1 Å². The van der Waals surface area contributed by atoms with Crippen LogP contribution in [0, 0.1) is 0 Å². The monoisotopic (exact) mass is 405 g/mol. The summed E-state index contributed by atoms with van der Waals surface area (Å²) in [7, 11) is 0. The first kappa shape index (κ1) is 17.9. The van der Waals surface area contributed by atoms with Gasteiger partial charge in [0.05, 0.1) is 34.2 Å². The van der Waals surface area contributed by atoms with E-state index in [1.165, 1.54) is 0 Å². The van der Waals surface area contributed by atoms with E-state index in [9.17, 15) is 4.79 Å². The molecule has 0 radical (unpaired) electrons. The molecule has 5 rings (SSSR count). The van der Waals surface area contributed by atoms with Crippen LogP contribution < -0.4 is 4.90 Å². The lowest BCUT2D eigenvalue weighted by molar-refractivity contribution is 0.0987. The van der Waals surface area contributed by atoms with Crippen LogP contribution in [0.2, 0.25) is 5.02 Å². The third-order valence-electron chi connectivity index (χ3n) is 5.30. The van der Waals surface area contributed by atoms with Crippen molar-refractivity contribution in [1.82, 2.24) is 19.3 Å². The van der Waals surface area contributed by atoms with Crippen molar-refractivity contribution in [3.05, 3.63) is 71.0 Å². The number of halogens is 1. The molecule has 0 unspecified atom stereocenters. The van der Waals surface area contributed by atoms with Gasteiger partial charge in [-0.05, 0) is 36.2 Å². The normalized spacial score (nSPS) is 13.4. The molecule has 0 spiro atoms. The molecular weight excluding hydrogens is 386 g/mol. The SMILES string of the molecule is CC(C)c1c(C(=O)N2CCn3c2nc2ccccc23)cnn1-c1cccc(Cl)c1. The Morgan fingerprint density at radius 3 is 2.72 bits per heavy atom. The highest BCUT2D eigenvalue weighted by Gasteiger charge is 2.32. The molecule has 6 nitrogen and oxygen atoms in total. The van der Waals surface area contributed by atoms with Gasteiger partial charge in [-0.3, -0.25) is 9.69 Å². The number of carbonyl (C=O) groups excluding carboxylic acids is 1. The predicted octanol–water partition coefficient (Wildman–Crippen LogP) is 4.66. The fourth-order valence-electron chi connectivity index (χ4n) is 4.02. The Morgan fingerprint density at radius 2 is 1.93 bits per heavy atom. The number of hydrogen-bond donors (Lipinski definition) is 0. The van der Waals surface area contributed by atoms with Gasteiger partial charge in [-0.2, -0.15) is 5.10 Å². The van der Waals surface area contributed by atoms with Gasteiger partial charge >= 0.3 is 0 Å². The Hall–Kier alpha value is -3.12. The number of rotatable bonds is 3. The molecule has 0 aliphatic carbocycles. The van der Waals surface area contributed by atoms with Crippen molar-refractivity contribution in [3.63, 3.8) is 0 Å². The van der Waals surface area contributed by atoms with E-state index in [0.717, 1.165) is 29.0 Å². The minimum Gasteiger partial charge on any atom is -0.308 e. The molecule has 0 saturated carbocycles. The van der Waals surface area contributed by atoms with Crippen LogP contribution in [0.3, 0.4) is 0 Å². The van der Waals surface area contributed by atoms with Crippen molar-refractivity contribution in [2.75, 3.05) is 11.4 Å². The first-order valence-electron chi connectivity index (χ1n) is 9.65. The zero-order valence-corrected chi connectivity index (χ0v) is 17.0. The Morgan fingerprint density at radius 1 is 1.10 bits per heavy atom. The number of benzene rings is 2. The fraction of sp³-hybridized carbons (Fsp3) is 0.227. The molecule has 3 heterocycles. The van der Waals surface area contributed by atoms with Crippen LogP contribution in [0.1, 0.15) is 35.8 Å². The lowest BCUT2D eigenvalue weighted by atomic mass is 10.0. The summed E-state index contributed by atoms with van der Waals surface area (Å²) in [5.74, 6) is 0.731. The zero-order valence-electron chi connectivity index (χ0n) is 16.2. The van der Waals surface area contributed by atoms with E-state index >= 15 is 0 Å². The van der Waals surface area contributed by atoms with Gasteiger partial charge in [0.15, 0.2) is 0 Å². The van der Waals surface area contributed by atoms with Crippen molar-refractivity contribution >= 4 is 34.5 Å². The highest BCUT2D eigenvalue weighted by atomic mass is 35.5. The molecule has 0 bridgehead atoms. The maximum atomic E-state index is 13.5. The van der Waals surface area contributed by atoms with E-state index in [-0.39, 0.29) is 11.8 Å². The Bertz CT molecular complexity index is 1240. The van der Waals surface area contributed by atoms with Crippen molar-refractivity contribution in [2.45, 2.75) is 26.3 Å². The second kappa shape index (κ2) is 6.74. The van der Waals surface area contributed by atoms with Crippen LogP contribution in [0.15, 0.2) is 54.7 Å². The smallest absolute Gasteiger partial charge is 0.264 e. The second-order valence-corrected chi connectivity index (χ2v) is 7.94. The third kappa shape index (κ3) is 2.83. The lowest BCUT2D eigenvalue weighted by Crippen LogP contribution is -2.30. The molecule has 1 amide bonds. The number of para-hydroxylation sites is 2. The van der Waals surface area contributed by atoms with Gasteiger partial charge < -0.3 is 4.57 Å². The molecule has 4 aromatic rings. The van der Waals surface area contributed by atoms with Gasteiger partial charge in [-0.15, -0.1) is 0 Å². The number of carbonyl (C=O) groups is 1. The molecule has 0 saturated heterocycles. The van der Waals surface area contributed by atoms with Crippen molar-refractivity contribution in [1.29, 1.82) is 0 Å². The van der Waals surface area contributed by atoms with E-state index in [1.807, 2.05) is 53.2 Å². The average Bonchev–Trinajstić information content (AvgIpc) is 3.40. The first-order valence-corrected chi connectivity index (χ1v) is 10.0. The van der Waals surface area contributed by atoms with Crippen LogP contribution in [0.4, 0.5) is 5.95 Å². The van der Waals surface area contributed by atoms with Gasteiger partial charge in [0.1, 0.15) is 0 Å². The predicted molar refractivity (Wildman–Crippen MR) is 114 cm³/mol. The molecule has 1 aliphatic heterocycles. The van der Waals surface area contributed by atoms with Gasteiger partial charge in [-0.1, -0.05) is 43.6 Å². The average molecular weight is 406 g/mol. The summed E-state index contributed by atoms with van der Waals surface area (Å²) >= 11 is 6.17. The van der Waals surface area contributed by atoms with E-state index in [4.69, 9.17) is 16.6 Å². The summed E-state index contributed by atoms with van der Waals surface area (Å²) in [6.07, 6.45) is 1.66. The Balaban J connectivity index is 1.58. The van der Waals surface area contributed by atoms with Gasteiger partial charge in [-0.25, -0.2) is 9.67 Å². The number of aromatic nitrogens is 4. The molecule has 0 fully saturated rings. The molecule has 146 valence electrons. The molecule has 1 aliphatic rings. The summed E-state index contributed by atoms with van der Waals surface area (Å²) in [5.41, 5.74) is 4.26. The number of nitrogens with zero attached hydrogens (tertiary/aromatic N) is 5. The standard InChI is InChI=1S/C22H20ClN5O/c1-14(2)20-17(13-24-28(20)16-7-5-6-15(23)12-16)21(29)27-11-10-26-19-9-4-3-8-18(19)25-22(26)27/h3-9,12-14H,10-11H2,1-2H3. The molecular formula is C22H20ClN5O. The number of anilines is 1. The maximum Gasteiger partial charge on any atom is 0.264 e. The van der Waals surface area contributed by atoms with E-state index < -0.39 is 0 Å². The minimum absolute atomic E-state index is 0.0731.